The molecule has 4 atom stereocenters. The van der Waals surface area contributed by atoms with E-state index in [4.69, 9.17) is 35.5 Å². The van der Waals surface area contributed by atoms with Crippen molar-refractivity contribution in [3.63, 3.8) is 0 Å². The summed E-state index contributed by atoms with van der Waals surface area (Å²) in [5, 5.41) is 31.9. The van der Waals surface area contributed by atoms with Gasteiger partial charge in [0, 0.05) is 57.7 Å². The number of halogens is 1. The molecule has 3 aromatic heterocycles. The van der Waals surface area contributed by atoms with Crippen LogP contribution < -0.4 is 20.7 Å². The molecule has 1 saturated heterocycles. The third-order valence-electron chi connectivity index (χ3n) is 13.6. The number of aliphatic hydroxyl groups is 1. The second-order valence-electron chi connectivity index (χ2n) is 20.6. The molecule has 0 saturated carbocycles. The molecule has 4 amide bonds. The van der Waals surface area contributed by atoms with E-state index in [0.717, 1.165) is 57.2 Å². The first-order valence-electron chi connectivity index (χ1n) is 26.3. The summed E-state index contributed by atoms with van der Waals surface area (Å²) in [5.74, 6) is 0.523. The largest absolute Gasteiger partial charge is 0.494 e. The number of nitrogens with zero attached hydrogens (tertiary/aromatic N) is 5. The van der Waals surface area contributed by atoms with Crippen LogP contribution >= 0.6 is 34.3 Å². The van der Waals surface area contributed by atoms with Crippen LogP contribution in [0.15, 0.2) is 89.2 Å². The Hall–Kier alpha value is -6.32. The zero-order chi connectivity index (χ0) is 55.5. The second-order valence-corrected chi connectivity index (χ2v) is 23.2. The molecule has 17 nitrogen and oxygen atoms in total. The molecule has 3 aromatic carbocycles. The van der Waals surface area contributed by atoms with E-state index in [1.165, 1.54) is 20.2 Å². The van der Waals surface area contributed by atoms with Crippen LogP contribution in [0.25, 0.3) is 15.4 Å². The Balaban J connectivity index is 0.684. The van der Waals surface area contributed by atoms with E-state index in [0.29, 0.717) is 48.7 Å². The summed E-state index contributed by atoms with van der Waals surface area (Å²) in [6.45, 7) is 15.8. The maximum atomic E-state index is 14.0. The highest BCUT2D eigenvalue weighted by Crippen LogP contribution is 2.40. The number of thiophene rings is 2. The van der Waals surface area contributed by atoms with Gasteiger partial charge in [-0.2, -0.15) is 0 Å². The summed E-state index contributed by atoms with van der Waals surface area (Å²) in [5.41, 5.74) is 6.98. The van der Waals surface area contributed by atoms with Crippen molar-refractivity contribution in [1.29, 1.82) is 0 Å². The summed E-state index contributed by atoms with van der Waals surface area (Å²) in [6.07, 6.45) is 0.842. The number of ether oxygens (including phenoxy) is 4. The predicted molar refractivity (Wildman–Crippen MR) is 304 cm³/mol. The van der Waals surface area contributed by atoms with Crippen molar-refractivity contribution in [2.45, 2.75) is 105 Å². The Morgan fingerprint density at radius 1 is 0.821 bits per heavy atom. The molecule has 4 N–H and O–H groups in total. The van der Waals surface area contributed by atoms with Gasteiger partial charge in [0.15, 0.2) is 5.82 Å². The van der Waals surface area contributed by atoms with Gasteiger partial charge in [0.25, 0.3) is 0 Å². The van der Waals surface area contributed by atoms with Gasteiger partial charge >= 0.3 is 0 Å². The molecule has 1 fully saturated rings. The number of hydrogen-bond donors (Lipinski definition) is 4. The highest BCUT2D eigenvalue weighted by molar-refractivity contribution is 7.15. The maximum absolute atomic E-state index is 14.0. The molecular formula is C58H69ClN8O9S2. The molecule has 0 spiro atoms. The lowest BCUT2D eigenvalue weighted by molar-refractivity contribution is -0.144. The van der Waals surface area contributed by atoms with Gasteiger partial charge in [-0.3, -0.25) is 28.7 Å². The zero-order valence-electron chi connectivity index (χ0n) is 45.2. The van der Waals surface area contributed by atoms with Gasteiger partial charge < -0.3 is 44.9 Å². The molecular weight excluding hydrogens is 1050 g/mol. The Labute approximate surface area is 468 Å². The number of β-amino-alcohol motifs (C(OH)–C–C–N with tert-alkyl or cyclic N) is 1. The molecule has 414 valence electrons. The standard InChI is InChI=1S/C58H69ClN8O9S2/c1-35-22-29-77-52(35)41-12-10-39(11-13-41)32-60-55(71)47-30-44(68)33-66(47)56(72)53(58(5,6)7)63-49(70)34-75-28-27-74-26-25-73-23-8-9-24-76-45-20-18-43(19-21-45)61-48(69)31-46-54-65-64-38(4)67(54)57-50(36(2)37(3)78-57)51(62-46)40-14-16-42(59)17-15-40/h10-22,29,44,46-47,53,68H,8-9,23-28,30-34H2,1-7H3,(H,60,71)(H,61,69)(H,63,70)/t44-,46+,47+,53-/m1/s1. The molecule has 0 aliphatic carbocycles. The van der Waals surface area contributed by atoms with Crippen LogP contribution in [-0.4, -0.2) is 125 Å². The Kier molecular flexibility index (Phi) is 19.7. The van der Waals surface area contributed by atoms with E-state index in [2.05, 4.69) is 58.4 Å². The van der Waals surface area contributed by atoms with E-state index in [9.17, 15) is 24.3 Å². The van der Waals surface area contributed by atoms with Crippen LogP contribution in [-0.2, 0) is 39.9 Å². The van der Waals surface area contributed by atoms with E-state index < -0.39 is 41.5 Å². The summed E-state index contributed by atoms with van der Waals surface area (Å²) in [6, 6.07) is 22.5. The van der Waals surface area contributed by atoms with Crippen LogP contribution in [0, 0.1) is 33.1 Å². The first-order valence-corrected chi connectivity index (χ1v) is 28.3. The SMILES string of the molecule is Cc1ccsc1-c1ccc(CNC(=O)[C@@H]2C[C@@H](O)CN2C(=O)[C@@H](NC(=O)COCCOCCOCCCCOc2ccc(NC(=O)C[C@@H]3N=C(c4ccc(Cl)cc4)c4c(sc(C)c4C)-n4c(C)nnc43)cc2)C(C)(C)C)cc1. The number of aliphatic hydroxyl groups excluding tert-OH is 1. The average Bonchev–Trinajstić information content (AvgIpc) is 4.30. The highest BCUT2D eigenvalue weighted by atomic mass is 35.5. The van der Waals surface area contributed by atoms with Crippen LogP contribution in [0.3, 0.4) is 0 Å². The zero-order valence-corrected chi connectivity index (χ0v) is 47.6. The lowest BCUT2D eigenvalue weighted by Crippen LogP contribution is -2.58. The Morgan fingerprint density at radius 3 is 2.19 bits per heavy atom. The smallest absolute Gasteiger partial charge is 0.246 e. The van der Waals surface area contributed by atoms with Gasteiger partial charge in [0.2, 0.25) is 23.6 Å². The number of likely N-dealkylation sites (tertiary alicyclic amines) is 1. The fraction of sp³-hybridized carbons (Fsp3) is 0.431. The first-order chi connectivity index (χ1) is 37.4. The van der Waals surface area contributed by atoms with Gasteiger partial charge in [-0.15, -0.1) is 32.9 Å². The monoisotopic (exact) mass is 1120 g/mol. The topological polar surface area (TPSA) is 208 Å². The van der Waals surface area contributed by atoms with E-state index >= 15 is 0 Å². The molecule has 20 heteroatoms. The molecule has 0 radical (unpaired) electrons. The predicted octanol–water partition coefficient (Wildman–Crippen LogP) is 8.88. The summed E-state index contributed by atoms with van der Waals surface area (Å²) < 4.78 is 24.9. The lowest BCUT2D eigenvalue weighted by atomic mass is 9.85. The Morgan fingerprint density at radius 2 is 1.50 bits per heavy atom. The number of benzene rings is 3. The molecule has 2 aliphatic rings. The quantitative estimate of drug-likeness (QED) is 0.0421. The van der Waals surface area contributed by atoms with Gasteiger partial charge in [0.1, 0.15) is 41.3 Å². The van der Waals surface area contributed by atoms with E-state index in [1.807, 2.05) is 105 Å². The van der Waals surface area contributed by atoms with Crippen LogP contribution in [0.1, 0.15) is 96.8 Å². The van der Waals surface area contributed by atoms with Gasteiger partial charge in [-0.1, -0.05) is 68.8 Å². The number of anilines is 1. The van der Waals surface area contributed by atoms with Crippen molar-refractivity contribution in [3.8, 4) is 21.2 Å². The van der Waals surface area contributed by atoms with Crippen LogP contribution in [0.4, 0.5) is 5.69 Å². The fourth-order valence-corrected chi connectivity index (χ4v) is 11.6. The minimum Gasteiger partial charge on any atom is -0.494 e. The second kappa shape index (κ2) is 26.6. The van der Waals surface area contributed by atoms with Crippen molar-refractivity contribution in [1.82, 2.24) is 30.3 Å². The number of amides is 4. The molecule has 5 heterocycles. The van der Waals surface area contributed by atoms with Crippen molar-refractivity contribution in [2.24, 2.45) is 10.4 Å². The van der Waals surface area contributed by atoms with Crippen molar-refractivity contribution >= 4 is 69.3 Å². The number of aromatic nitrogens is 3. The number of fused-ring (bicyclic) bond motifs is 3. The number of carbonyl (C=O) groups is 4. The normalized spacial score (nSPS) is 16.4. The molecule has 8 rings (SSSR count). The highest BCUT2D eigenvalue weighted by Gasteiger charge is 2.44. The van der Waals surface area contributed by atoms with E-state index in [-0.39, 0.29) is 57.6 Å². The van der Waals surface area contributed by atoms with Gasteiger partial charge in [0.05, 0.1) is 51.3 Å². The van der Waals surface area contributed by atoms with E-state index in [1.54, 1.807) is 22.7 Å². The van der Waals surface area contributed by atoms with Crippen LogP contribution in [0.5, 0.6) is 5.75 Å². The molecule has 0 bridgehead atoms. The third kappa shape index (κ3) is 14.7. The van der Waals surface area contributed by atoms with Crippen molar-refractivity contribution in [2.75, 3.05) is 58.1 Å². The minimum atomic E-state index is -0.965. The van der Waals surface area contributed by atoms with Gasteiger partial charge in [-0.05, 0) is 116 Å². The van der Waals surface area contributed by atoms with Gasteiger partial charge in [-0.25, -0.2) is 0 Å². The summed E-state index contributed by atoms with van der Waals surface area (Å²) in [4.78, 5) is 63.0. The first kappa shape index (κ1) is 57.8. The minimum absolute atomic E-state index is 0.0146. The summed E-state index contributed by atoms with van der Waals surface area (Å²) >= 11 is 9.60. The average molecular weight is 1120 g/mol. The number of carbonyl (C=O) groups excluding carboxylic acids is 4. The third-order valence-corrected chi connectivity index (χ3v) is 16.1. The number of rotatable bonds is 24. The number of aryl methyl sites for hydroxylation is 3. The maximum Gasteiger partial charge on any atom is 0.246 e. The van der Waals surface area contributed by atoms with Crippen molar-refractivity contribution < 1.29 is 43.2 Å². The number of unbranched alkanes of at least 4 members (excludes halogenated alkanes) is 1. The number of nitrogens with one attached hydrogen (secondary N) is 3. The lowest BCUT2D eigenvalue weighted by Gasteiger charge is -2.35. The number of hydrogen-bond acceptors (Lipinski definition) is 14. The molecule has 78 heavy (non-hydrogen) atoms. The fourth-order valence-electron chi connectivity index (χ4n) is 9.33. The van der Waals surface area contributed by atoms with Crippen molar-refractivity contribution in [3.05, 3.63) is 134 Å². The number of aliphatic imine (C=N–C) groups is 1. The Bertz CT molecular complexity index is 3060. The molecule has 0 unspecified atom stereocenters. The summed E-state index contributed by atoms with van der Waals surface area (Å²) in [7, 11) is 0. The van der Waals surface area contributed by atoms with Crippen LogP contribution in [0.2, 0.25) is 5.02 Å². The molecule has 6 aromatic rings. The molecule has 2 aliphatic heterocycles.